The molecule has 1 atom stereocenters. The van der Waals surface area contributed by atoms with Gasteiger partial charge in [0, 0.05) is 6.92 Å². The van der Waals surface area contributed by atoms with Crippen molar-refractivity contribution in [3.63, 3.8) is 0 Å². The van der Waals surface area contributed by atoms with Crippen LogP contribution in [0.4, 0.5) is 0 Å². The fourth-order valence-electron chi connectivity index (χ4n) is 0.899. The van der Waals surface area contributed by atoms with Crippen LogP contribution in [-0.4, -0.2) is 21.4 Å². The van der Waals surface area contributed by atoms with E-state index in [1.165, 1.54) is 19.3 Å². The first-order valence-electron chi connectivity index (χ1n) is 3.61. The predicted octanol–water partition coefficient (Wildman–Crippen LogP) is 0.573. The zero-order valence-corrected chi connectivity index (χ0v) is 6.97. The van der Waals surface area contributed by atoms with Crippen molar-refractivity contribution in [2.24, 2.45) is 0 Å². The van der Waals surface area contributed by atoms with Crippen LogP contribution in [0.1, 0.15) is 18.8 Å². The van der Waals surface area contributed by atoms with E-state index in [2.05, 4.69) is 4.79 Å². The molecule has 5 heteroatoms. The van der Waals surface area contributed by atoms with Gasteiger partial charge < -0.3 is 15.1 Å². The summed E-state index contributed by atoms with van der Waals surface area (Å²) >= 11 is 0. The quantitative estimate of drug-likeness (QED) is 0.419. The Labute approximate surface area is 74.2 Å². The highest BCUT2D eigenvalue weighted by Gasteiger charge is 2.29. The summed E-state index contributed by atoms with van der Waals surface area (Å²) in [5.41, 5.74) is 8.09. The van der Waals surface area contributed by atoms with Crippen LogP contribution < -0.4 is 0 Å². The third-order valence-corrected chi connectivity index (χ3v) is 1.54. The molecular formula is C8H8N2O3. The molecule has 1 aromatic rings. The van der Waals surface area contributed by atoms with Crippen molar-refractivity contribution in [1.82, 2.24) is 0 Å². The van der Waals surface area contributed by atoms with Gasteiger partial charge in [-0.05, 0) is 12.1 Å². The van der Waals surface area contributed by atoms with Crippen molar-refractivity contribution in [1.29, 1.82) is 0 Å². The number of carbonyl (C=O) groups is 1. The van der Waals surface area contributed by atoms with Crippen LogP contribution in [0.15, 0.2) is 22.8 Å². The van der Waals surface area contributed by atoms with E-state index in [9.17, 15) is 9.90 Å². The van der Waals surface area contributed by atoms with Crippen molar-refractivity contribution in [2.75, 3.05) is 0 Å². The van der Waals surface area contributed by atoms with E-state index in [4.69, 9.17) is 9.95 Å². The largest absolute Gasteiger partial charge is 0.466 e. The Hall–Kier alpha value is -1.71. The average Bonchev–Trinajstić information content (AvgIpc) is 2.56. The summed E-state index contributed by atoms with van der Waals surface area (Å²) in [5.74, 6) is -0.339. The number of aliphatic hydroxyl groups excluding tert-OH is 1. The van der Waals surface area contributed by atoms with Crippen LogP contribution in [0.3, 0.4) is 0 Å². The minimum Gasteiger partial charge on any atom is -0.466 e. The highest BCUT2D eigenvalue weighted by Crippen LogP contribution is 2.13. The minimum atomic E-state index is -1.31. The van der Waals surface area contributed by atoms with Gasteiger partial charge in [-0.25, -0.2) is 0 Å². The van der Waals surface area contributed by atoms with E-state index in [-0.39, 0.29) is 11.5 Å². The molecule has 0 aliphatic rings. The van der Waals surface area contributed by atoms with E-state index >= 15 is 0 Å². The normalized spacial score (nSPS) is 11.8. The number of nitrogens with zero attached hydrogens (tertiary/aromatic N) is 2. The van der Waals surface area contributed by atoms with Gasteiger partial charge in [-0.3, -0.25) is 4.79 Å². The van der Waals surface area contributed by atoms with Crippen LogP contribution in [0.2, 0.25) is 0 Å². The lowest BCUT2D eigenvalue weighted by Gasteiger charge is -1.98. The molecular weight excluding hydrogens is 172 g/mol. The maximum Gasteiger partial charge on any atom is 0.370 e. The van der Waals surface area contributed by atoms with Crippen molar-refractivity contribution in [3.8, 4) is 0 Å². The molecule has 1 rings (SSSR count). The molecule has 68 valence electrons. The summed E-state index contributed by atoms with van der Waals surface area (Å²) in [6, 6.07) is 3.05. The van der Waals surface area contributed by atoms with Gasteiger partial charge in [-0.1, -0.05) is 0 Å². The highest BCUT2D eigenvalue weighted by atomic mass is 16.4. The van der Waals surface area contributed by atoms with Gasteiger partial charge in [0.2, 0.25) is 11.9 Å². The molecule has 13 heavy (non-hydrogen) atoms. The van der Waals surface area contributed by atoms with Crippen molar-refractivity contribution in [3.05, 3.63) is 29.7 Å². The average molecular weight is 180 g/mol. The number of Topliss-reactive ketones (excluding diaryl/α,β-unsaturated/α-hetero) is 1. The zero-order valence-electron chi connectivity index (χ0n) is 6.97. The molecule has 1 aromatic heterocycles. The van der Waals surface area contributed by atoms with E-state index in [1.54, 1.807) is 6.07 Å². The lowest BCUT2D eigenvalue weighted by molar-refractivity contribution is -0.117. The number of carbonyl (C=O) groups excluding carboxylic acids is 1. The Balaban J connectivity index is 2.96. The standard InChI is InChI=1S/C8H8N2O3/c1-5(11)7(10-9)8(12)6-3-2-4-13-6/h2-4,8,12H,1H3. The number of hydrogen-bond acceptors (Lipinski definition) is 3. The van der Waals surface area contributed by atoms with Gasteiger partial charge in [-0.2, -0.15) is 4.79 Å². The first-order valence-corrected chi connectivity index (χ1v) is 3.61. The van der Waals surface area contributed by atoms with Crippen LogP contribution in [-0.2, 0) is 4.79 Å². The van der Waals surface area contributed by atoms with Gasteiger partial charge in [0.1, 0.15) is 5.76 Å². The lowest BCUT2D eigenvalue weighted by Crippen LogP contribution is -2.20. The molecule has 5 nitrogen and oxygen atoms in total. The summed E-state index contributed by atoms with van der Waals surface area (Å²) < 4.78 is 4.83. The molecule has 0 radical (unpaired) electrons. The third kappa shape index (κ3) is 1.90. The Bertz CT molecular complexity index is 349. The molecule has 0 aromatic carbocycles. The van der Waals surface area contributed by atoms with Crippen LogP contribution in [0.5, 0.6) is 0 Å². The first kappa shape index (κ1) is 9.38. The molecule has 0 bridgehead atoms. The molecule has 0 saturated heterocycles. The molecule has 1 unspecified atom stereocenters. The third-order valence-electron chi connectivity index (χ3n) is 1.54. The smallest absolute Gasteiger partial charge is 0.370 e. The highest BCUT2D eigenvalue weighted by molar-refractivity contribution is 6.38. The van der Waals surface area contributed by atoms with E-state index in [0.717, 1.165) is 0 Å². The molecule has 0 aliphatic heterocycles. The number of aliphatic hydroxyl groups is 1. The molecule has 1 N–H and O–H groups in total. The Morgan fingerprint density at radius 2 is 2.46 bits per heavy atom. The maximum absolute atomic E-state index is 10.8. The van der Waals surface area contributed by atoms with E-state index in [0.29, 0.717) is 0 Å². The topological polar surface area (TPSA) is 86.8 Å². The minimum absolute atomic E-state index is 0.169. The van der Waals surface area contributed by atoms with Crippen molar-refractivity contribution in [2.45, 2.75) is 13.0 Å². The molecule has 0 aliphatic carbocycles. The van der Waals surface area contributed by atoms with Crippen LogP contribution in [0.25, 0.3) is 5.53 Å². The number of furan rings is 1. The summed E-state index contributed by atoms with van der Waals surface area (Å²) in [6.45, 7) is 1.20. The maximum atomic E-state index is 10.8. The summed E-state index contributed by atoms with van der Waals surface area (Å²) in [4.78, 5) is 13.5. The summed E-state index contributed by atoms with van der Waals surface area (Å²) in [7, 11) is 0. The van der Waals surface area contributed by atoms with Crippen LogP contribution >= 0.6 is 0 Å². The SMILES string of the molecule is CC(=O)C(=[N+]=[N-])C(O)c1ccco1. The molecule has 1 heterocycles. The van der Waals surface area contributed by atoms with Gasteiger partial charge in [0.15, 0.2) is 0 Å². The molecule has 0 saturated carbocycles. The van der Waals surface area contributed by atoms with Crippen molar-refractivity contribution >= 4 is 11.5 Å². The Morgan fingerprint density at radius 1 is 1.77 bits per heavy atom. The number of rotatable bonds is 3. The van der Waals surface area contributed by atoms with Gasteiger partial charge in [0.05, 0.1) is 6.26 Å². The van der Waals surface area contributed by atoms with E-state index < -0.39 is 11.9 Å². The molecule has 0 spiro atoms. The monoisotopic (exact) mass is 180 g/mol. The van der Waals surface area contributed by atoms with Gasteiger partial charge >= 0.3 is 5.71 Å². The fourth-order valence-corrected chi connectivity index (χ4v) is 0.899. The second-order valence-electron chi connectivity index (χ2n) is 2.46. The summed E-state index contributed by atoms with van der Waals surface area (Å²) in [6.07, 6.45) is 0.0470. The van der Waals surface area contributed by atoms with Gasteiger partial charge in [-0.15, -0.1) is 0 Å². The van der Waals surface area contributed by atoms with Crippen LogP contribution in [0, 0.1) is 0 Å². The Morgan fingerprint density at radius 3 is 2.85 bits per heavy atom. The van der Waals surface area contributed by atoms with E-state index in [1.807, 2.05) is 0 Å². The second kappa shape index (κ2) is 3.80. The summed E-state index contributed by atoms with van der Waals surface area (Å²) in [5, 5.41) is 9.43. The number of ketones is 1. The first-order chi connectivity index (χ1) is 6.16. The fraction of sp³-hybridized carbons (Fsp3) is 0.250. The zero-order chi connectivity index (χ0) is 9.84. The molecule has 0 amide bonds. The van der Waals surface area contributed by atoms with Crippen molar-refractivity contribution < 1.29 is 19.1 Å². The lowest BCUT2D eigenvalue weighted by atomic mass is 10.1. The Kier molecular flexibility index (Phi) is 2.74. The molecule has 0 fully saturated rings. The predicted molar refractivity (Wildman–Crippen MR) is 43.0 cm³/mol. The second-order valence-corrected chi connectivity index (χ2v) is 2.46. The van der Waals surface area contributed by atoms with Gasteiger partial charge in [0.25, 0.3) is 0 Å². The number of hydrogen-bond donors (Lipinski definition) is 1.